The van der Waals surface area contributed by atoms with Gasteiger partial charge < -0.3 is 13.9 Å². The minimum Gasteiger partial charge on any atom is -0.463 e. The first kappa shape index (κ1) is 12.4. The Hall–Kier alpha value is -2.08. The fraction of sp³-hybridized carbons (Fsp3) is 0.333. The van der Waals surface area contributed by atoms with Gasteiger partial charge in [-0.2, -0.15) is 5.10 Å². The van der Waals surface area contributed by atoms with Crippen LogP contribution in [-0.2, 0) is 22.7 Å². The van der Waals surface area contributed by atoms with E-state index in [0.29, 0.717) is 19.0 Å². The second kappa shape index (κ2) is 5.50. The lowest BCUT2D eigenvalue weighted by Crippen LogP contribution is -2.00. The summed E-state index contributed by atoms with van der Waals surface area (Å²) in [6.45, 7) is 2.52. The SMILES string of the molecule is COC(=O)c1oc(COCc2cn[nH]c2)cc1C. The van der Waals surface area contributed by atoms with Crippen LogP contribution in [-0.4, -0.2) is 23.3 Å². The third kappa shape index (κ3) is 2.78. The third-order valence-electron chi connectivity index (χ3n) is 2.41. The van der Waals surface area contributed by atoms with Crippen molar-refractivity contribution in [3.05, 3.63) is 41.1 Å². The Labute approximate surface area is 104 Å². The minimum atomic E-state index is -0.478. The number of ether oxygens (including phenoxy) is 2. The summed E-state index contributed by atoms with van der Waals surface area (Å²) in [5.74, 6) is 0.337. The van der Waals surface area contributed by atoms with Crippen LogP contribution in [0.2, 0.25) is 0 Å². The summed E-state index contributed by atoms with van der Waals surface area (Å²) >= 11 is 0. The largest absolute Gasteiger partial charge is 0.463 e. The van der Waals surface area contributed by atoms with Crippen molar-refractivity contribution >= 4 is 5.97 Å². The summed E-state index contributed by atoms with van der Waals surface area (Å²) in [6.07, 6.45) is 3.44. The number of aromatic amines is 1. The number of nitrogens with zero attached hydrogens (tertiary/aromatic N) is 1. The smallest absolute Gasteiger partial charge is 0.374 e. The van der Waals surface area contributed by atoms with Gasteiger partial charge in [0.2, 0.25) is 5.76 Å². The predicted molar refractivity (Wildman–Crippen MR) is 61.9 cm³/mol. The van der Waals surface area contributed by atoms with Gasteiger partial charge in [0.25, 0.3) is 0 Å². The number of H-pyrrole nitrogens is 1. The van der Waals surface area contributed by atoms with E-state index in [1.807, 2.05) is 0 Å². The highest BCUT2D eigenvalue weighted by molar-refractivity contribution is 5.87. The maximum atomic E-state index is 11.3. The van der Waals surface area contributed by atoms with Gasteiger partial charge in [-0.15, -0.1) is 0 Å². The summed E-state index contributed by atoms with van der Waals surface area (Å²) in [6, 6.07) is 1.77. The number of carbonyl (C=O) groups is 1. The Morgan fingerprint density at radius 2 is 2.33 bits per heavy atom. The minimum absolute atomic E-state index is 0.222. The van der Waals surface area contributed by atoms with Crippen LogP contribution in [0.1, 0.15) is 27.4 Å². The molecule has 0 amide bonds. The van der Waals surface area contributed by atoms with Crippen LogP contribution in [0.3, 0.4) is 0 Å². The zero-order chi connectivity index (χ0) is 13.0. The molecule has 6 heteroatoms. The molecular weight excluding hydrogens is 236 g/mol. The molecule has 2 heterocycles. The van der Waals surface area contributed by atoms with Crippen LogP contribution in [0, 0.1) is 6.92 Å². The van der Waals surface area contributed by atoms with E-state index in [0.717, 1.165) is 11.1 Å². The Balaban J connectivity index is 1.92. The molecule has 0 aliphatic rings. The highest BCUT2D eigenvalue weighted by atomic mass is 16.5. The van der Waals surface area contributed by atoms with E-state index in [-0.39, 0.29) is 5.76 Å². The number of carbonyl (C=O) groups excluding carboxylic acids is 1. The van der Waals surface area contributed by atoms with E-state index in [1.165, 1.54) is 7.11 Å². The molecule has 0 atom stereocenters. The molecule has 0 fully saturated rings. The third-order valence-corrected chi connectivity index (χ3v) is 2.41. The number of aryl methyl sites for hydroxylation is 1. The summed E-state index contributed by atoms with van der Waals surface area (Å²) in [7, 11) is 1.32. The molecule has 0 unspecified atom stereocenters. The molecule has 18 heavy (non-hydrogen) atoms. The van der Waals surface area contributed by atoms with Gasteiger partial charge >= 0.3 is 5.97 Å². The van der Waals surface area contributed by atoms with Gasteiger partial charge in [-0.3, -0.25) is 5.10 Å². The van der Waals surface area contributed by atoms with Crippen LogP contribution in [0.5, 0.6) is 0 Å². The Morgan fingerprint density at radius 1 is 1.50 bits per heavy atom. The Morgan fingerprint density at radius 3 is 3.00 bits per heavy atom. The van der Waals surface area contributed by atoms with Gasteiger partial charge in [-0.05, 0) is 13.0 Å². The van der Waals surface area contributed by atoms with Crippen molar-refractivity contribution in [2.75, 3.05) is 7.11 Å². The lowest BCUT2D eigenvalue weighted by Gasteiger charge is -1.99. The highest BCUT2D eigenvalue weighted by Crippen LogP contribution is 2.16. The topological polar surface area (TPSA) is 77.3 Å². The van der Waals surface area contributed by atoms with Gasteiger partial charge in [0.1, 0.15) is 12.4 Å². The van der Waals surface area contributed by atoms with Gasteiger partial charge in [-0.1, -0.05) is 0 Å². The lowest BCUT2D eigenvalue weighted by atomic mass is 10.2. The molecule has 2 aromatic rings. The average Bonchev–Trinajstić information content (AvgIpc) is 2.98. The van der Waals surface area contributed by atoms with Crippen molar-refractivity contribution in [3.8, 4) is 0 Å². The molecule has 0 bridgehead atoms. The fourth-order valence-corrected chi connectivity index (χ4v) is 1.54. The Bertz CT molecular complexity index is 516. The predicted octanol–water partition coefficient (Wildman–Crippen LogP) is 1.81. The van der Waals surface area contributed by atoms with Crippen molar-refractivity contribution in [3.63, 3.8) is 0 Å². The number of nitrogens with one attached hydrogen (secondary N) is 1. The zero-order valence-corrected chi connectivity index (χ0v) is 10.2. The standard InChI is InChI=1S/C12H14N2O4/c1-8-3-10(18-11(8)12(15)16-2)7-17-6-9-4-13-14-5-9/h3-5H,6-7H2,1-2H3,(H,13,14). The highest BCUT2D eigenvalue weighted by Gasteiger charge is 2.15. The van der Waals surface area contributed by atoms with E-state index in [2.05, 4.69) is 14.9 Å². The summed E-state index contributed by atoms with van der Waals surface area (Å²) < 4.78 is 15.4. The van der Waals surface area contributed by atoms with Gasteiger partial charge in [0, 0.05) is 17.3 Å². The number of rotatable bonds is 5. The fourth-order valence-electron chi connectivity index (χ4n) is 1.54. The molecule has 0 radical (unpaired) electrons. The molecule has 0 aromatic carbocycles. The van der Waals surface area contributed by atoms with Crippen molar-refractivity contribution in [1.29, 1.82) is 0 Å². The van der Waals surface area contributed by atoms with Crippen molar-refractivity contribution in [1.82, 2.24) is 10.2 Å². The van der Waals surface area contributed by atoms with E-state index >= 15 is 0 Å². The van der Waals surface area contributed by atoms with Crippen LogP contribution >= 0.6 is 0 Å². The van der Waals surface area contributed by atoms with Gasteiger partial charge in [0.05, 0.1) is 19.9 Å². The number of hydrogen-bond donors (Lipinski definition) is 1. The van der Waals surface area contributed by atoms with Crippen molar-refractivity contribution in [2.24, 2.45) is 0 Å². The normalized spacial score (nSPS) is 10.6. The summed E-state index contributed by atoms with van der Waals surface area (Å²) in [4.78, 5) is 11.3. The van der Waals surface area contributed by atoms with E-state index in [1.54, 1.807) is 25.4 Å². The molecule has 96 valence electrons. The second-order valence-electron chi connectivity index (χ2n) is 3.82. The quantitative estimate of drug-likeness (QED) is 0.819. The first-order chi connectivity index (χ1) is 8.70. The van der Waals surface area contributed by atoms with Crippen molar-refractivity contribution < 1.29 is 18.7 Å². The molecule has 1 N–H and O–H groups in total. The van der Waals surface area contributed by atoms with Gasteiger partial charge in [-0.25, -0.2) is 4.79 Å². The maximum absolute atomic E-state index is 11.3. The first-order valence-electron chi connectivity index (χ1n) is 5.43. The molecule has 6 nitrogen and oxygen atoms in total. The van der Waals surface area contributed by atoms with E-state index in [4.69, 9.17) is 9.15 Å². The molecular formula is C12H14N2O4. The maximum Gasteiger partial charge on any atom is 0.374 e. The van der Waals surface area contributed by atoms with E-state index in [9.17, 15) is 4.79 Å². The Kier molecular flexibility index (Phi) is 3.78. The van der Waals surface area contributed by atoms with Crippen LogP contribution < -0.4 is 0 Å². The summed E-state index contributed by atoms with van der Waals surface area (Å²) in [5.41, 5.74) is 1.69. The molecule has 0 spiro atoms. The molecule has 0 saturated carbocycles. The van der Waals surface area contributed by atoms with Gasteiger partial charge in [0.15, 0.2) is 0 Å². The van der Waals surface area contributed by atoms with Crippen LogP contribution in [0.4, 0.5) is 0 Å². The number of esters is 1. The first-order valence-corrected chi connectivity index (χ1v) is 5.43. The molecule has 2 aromatic heterocycles. The molecule has 0 saturated heterocycles. The number of furan rings is 1. The van der Waals surface area contributed by atoms with E-state index < -0.39 is 5.97 Å². The molecule has 2 rings (SSSR count). The monoisotopic (exact) mass is 250 g/mol. The number of aromatic nitrogens is 2. The average molecular weight is 250 g/mol. The summed E-state index contributed by atoms with van der Waals surface area (Å²) in [5, 5.41) is 6.51. The van der Waals surface area contributed by atoms with Crippen molar-refractivity contribution in [2.45, 2.75) is 20.1 Å². The van der Waals surface area contributed by atoms with Crippen LogP contribution in [0.25, 0.3) is 0 Å². The zero-order valence-electron chi connectivity index (χ0n) is 10.2. The number of hydrogen-bond acceptors (Lipinski definition) is 5. The van der Waals surface area contributed by atoms with Crippen LogP contribution in [0.15, 0.2) is 22.9 Å². The molecule has 0 aliphatic carbocycles. The lowest BCUT2D eigenvalue weighted by molar-refractivity contribution is 0.0547. The molecule has 0 aliphatic heterocycles. The second-order valence-corrected chi connectivity index (χ2v) is 3.82. The number of methoxy groups -OCH3 is 1.